The van der Waals surface area contributed by atoms with Gasteiger partial charge in [0.25, 0.3) is 0 Å². The van der Waals surface area contributed by atoms with Gasteiger partial charge in [-0.3, -0.25) is 4.68 Å². The van der Waals surface area contributed by atoms with Gasteiger partial charge in [-0.25, -0.2) is 4.79 Å². The predicted molar refractivity (Wildman–Crippen MR) is 77.9 cm³/mol. The van der Waals surface area contributed by atoms with E-state index in [0.717, 1.165) is 24.2 Å². The van der Waals surface area contributed by atoms with Crippen molar-refractivity contribution in [3.63, 3.8) is 0 Å². The first kappa shape index (κ1) is 15.3. The van der Waals surface area contributed by atoms with Crippen molar-refractivity contribution in [1.29, 1.82) is 0 Å². The van der Waals surface area contributed by atoms with E-state index in [1.54, 1.807) is 0 Å². The highest BCUT2D eigenvalue weighted by atomic mass is 35.5. The molecule has 0 bridgehead atoms. The van der Waals surface area contributed by atoms with E-state index in [2.05, 4.69) is 10.4 Å². The van der Waals surface area contributed by atoms with Crippen molar-refractivity contribution in [2.24, 2.45) is 5.92 Å². The van der Waals surface area contributed by atoms with Crippen molar-refractivity contribution >= 4 is 17.6 Å². The third-order valence-corrected chi connectivity index (χ3v) is 4.60. The van der Waals surface area contributed by atoms with E-state index < -0.39 is 5.54 Å². The highest BCUT2D eigenvalue weighted by Crippen LogP contribution is 2.41. The number of hydrogen-bond donors (Lipinski definition) is 1. The molecule has 1 aliphatic carbocycles. The van der Waals surface area contributed by atoms with Gasteiger partial charge in [-0.2, -0.15) is 5.10 Å². The van der Waals surface area contributed by atoms with Crippen LogP contribution in [-0.4, -0.2) is 34.9 Å². The third kappa shape index (κ3) is 2.56. The maximum atomic E-state index is 12.4. The number of ether oxygens (including phenoxy) is 1. The largest absolute Gasteiger partial charge is 0.465 e. The van der Waals surface area contributed by atoms with Gasteiger partial charge in [-0.1, -0.05) is 11.6 Å². The third-order valence-electron chi connectivity index (χ3n) is 4.05. The number of nitrogens with one attached hydrogen (secondary N) is 1. The Morgan fingerprint density at radius 2 is 2.20 bits per heavy atom. The zero-order valence-electron chi connectivity index (χ0n) is 12.5. The molecule has 1 N–H and O–H groups in total. The number of hydrogen-bond acceptors (Lipinski definition) is 4. The van der Waals surface area contributed by atoms with E-state index in [-0.39, 0.29) is 5.97 Å². The van der Waals surface area contributed by atoms with Gasteiger partial charge in [0.2, 0.25) is 0 Å². The number of aryl methyl sites for hydroxylation is 1. The quantitative estimate of drug-likeness (QED) is 0.817. The standard InChI is InChI=1S/C14H22ClN3O2/c1-5-20-13(19)14(16-4,11-6-7-11)8-18-10(3)12(15)9(2)17-18/h11,16H,5-8H2,1-4H3. The second-order valence-electron chi connectivity index (χ2n) is 5.36. The van der Waals surface area contributed by atoms with Crippen LogP contribution in [-0.2, 0) is 16.1 Å². The molecule has 2 rings (SSSR count). The molecule has 1 aliphatic rings. The monoisotopic (exact) mass is 299 g/mol. The zero-order valence-corrected chi connectivity index (χ0v) is 13.3. The summed E-state index contributed by atoms with van der Waals surface area (Å²) in [4.78, 5) is 12.4. The van der Waals surface area contributed by atoms with Gasteiger partial charge in [0.1, 0.15) is 5.54 Å². The van der Waals surface area contributed by atoms with Crippen LogP contribution in [0.1, 0.15) is 31.2 Å². The molecule has 0 spiro atoms. The van der Waals surface area contributed by atoms with E-state index in [9.17, 15) is 4.79 Å². The number of carbonyl (C=O) groups is 1. The molecule has 1 aromatic heterocycles. The van der Waals surface area contributed by atoms with Crippen molar-refractivity contribution < 1.29 is 9.53 Å². The molecule has 6 heteroatoms. The smallest absolute Gasteiger partial charge is 0.328 e. The lowest BCUT2D eigenvalue weighted by molar-refractivity contribution is -0.153. The minimum Gasteiger partial charge on any atom is -0.465 e. The Hall–Kier alpha value is -1.07. The van der Waals surface area contributed by atoms with Crippen LogP contribution >= 0.6 is 11.6 Å². The van der Waals surface area contributed by atoms with Crippen molar-refractivity contribution in [2.45, 2.75) is 45.7 Å². The fraction of sp³-hybridized carbons (Fsp3) is 0.714. The average molecular weight is 300 g/mol. The molecule has 0 radical (unpaired) electrons. The minimum absolute atomic E-state index is 0.200. The Bertz CT molecular complexity index is 511. The van der Waals surface area contributed by atoms with Gasteiger partial charge in [-0.05, 0) is 46.6 Å². The molecule has 1 heterocycles. The zero-order chi connectivity index (χ0) is 14.9. The summed E-state index contributed by atoms with van der Waals surface area (Å²) in [6, 6.07) is 0. The van der Waals surface area contributed by atoms with Crippen molar-refractivity contribution in [3.05, 3.63) is 16.4 Å². The number of esters is 1. The van der Waals surface area contributed by atoms with Crippen LogP contribution in [0.3, 0.4) is 0 Å². The summed E-state index contributed by atoms with van der Waals surface area (Å²) in [6.45, 7) is 6.44. The lowest BCUT2D eigenvalue weighted by Gasteiger charge is -2.31. The van der Waals surface area contributed by atoms with Gasteiger partial charge in [0, 0.05) is 0 Å². The SMILES string of the molecule is CCOC(=O)C(Cn1nc(C)c(Cl)c1C)(NC)C1CC1. The Kier molecular flexibility index (Phi) is 4.39. The first-order chi connectivity index (χ1) is 9.46. The number of halogens is 1. The summed E-state index contributed by atoms with van der Waals surface area (Å²) in [5.41, 5.74) is 0.963. The van der Waals surface area contributed by atoms with E-state index in [1.807, 2.05) is 32.5 Å². The van der Waals surface area contributed by atoms with E-state index in [1.165, 1.54) is 0 Å². The Morgan fingerprint density at radius 1 is 1.55 bits per heavy atom. The van der Waals surface area contributed by atoms with Crippen LogP contribution in [0.4, 0.5) is 0 Å². The number of aromatic nitrogens is 2. The molecule has 1 atom stereocenters. The molecule has 5 nitrogen and oxygen atoms in total. The van der Waals surface area contributed by atoms with Gasteiger partial charge in [-0.15, -0.1) is 0 Å². The summed E-state index contributed by atoms with van der Waals surface area (Å²) in [6.07, 6.45) is 2.07. The van der Waals surface area contributed by atoms with Crippen molar-refractivity contribution in [2.75, 3.05) is 13.7 Å². The first-order valence-corrected chi connectivity index (χ1v) is 7.39. The van der Waals surface area contributed by atoms with Crippen LogP contribution in [0.15, 0.2) is 0 Å². The lowest BCUT2D eigenvalue weighted by Crippen LogP contribution is -2.56. The first-order valence-electron chi connectivity index (χ1n) is 7.02. The fourth-order valence-corrected chi connectivity index (χ4v) is 2.78. The van der Waals surface area contributed by atoms with Crippen molar-refractivity contribution in [3.8, 4) is 0 Å². The van der Waals surface area contributed by atoms with Gasteiger partial charge in [0.05, 0.1) is 29.6 Å². The lowest BCUT2D eigenvalue weighted by atomic mass is 9.93. The highest BCUT2D eigenvalue weighted by molar-refractivity contribution is 6.31. The van der Waals surface area contributed by atoms with E-state index >= 15 is 0 Å². The summed E-state index contributed by atoms with van der Waals surface area (Å²) in [7, 11) is 1.81. The van der Waals surface area contributed by atoms with E-state index in [0.29, 0.717) is 24.1 Å². The van der Waals surface area contributed by atoms with Gasteiger partial charge >= 0.3 is 5.97 Å². The van der Waals surface area contributed by atoms with Crippen molar-refractivity contribution in [1.82, 2.24) is 15.1 Å². The average Bonchev–Trinajstić information content (AvgIpc) is 3.23. The Morgan fingerprint density at radius 3 is 2.60 bits per heavy atom. The van der Waals surface area contributed by atoms with Crippen LogP contribution in [0.5, 0.6) is 0 Å². The molecule has 1 saturated carbocycles. The van der Waals surface area contributed by atoms with Gasteiger partial charge < -0.3 is 10.1 Å². The molecule has 0 amide bonds. The number of likely N-dealkylation sites (N-methyl/N-ethyl adjacent to an activating group) is 1. The number of nitrogens with zero attached hydrogens (tertiary/aromatic N) is 2. The van der Waals surface area contributed by atoms with Crippen LogP contribution in [0, 0.1) is 19.8 Å². The summed E-state index contributed by atoms with van der Waals surface area (Å²) < 4.78 is 7.08. The minimum atomic E-state index is -0.706. The number of carbonyl (C=O) groups excluding carboxylic acids is 1. The summed E-state index contributed by atoms with van der Waals surface area (Å²) >= 11 is 6.19. The van der Waals surface area contributed by atoms with E-state index in [4.69, 9.17) is 16.3 Å². The second-order valence-corrected chi connectivity index (χ2v) is 5.74. The second kappa shape index (κ2) is 5.74. The molecule has 1 aromatic rings. The molecular weight excluding hydrogens is 278 g/mol. The normalized spacial score (nSPS) is 17.9. The van der Waals surface area contributed by atoms with Gasteiger partial charge in [0.15, 0.2) is 0 Å². The fourth-order valence-electron chi connectivity index (χ4n) is 2.65. The predicted octanol–water partition coefficient (Wildman–Crippen LogP) is 2.08. The molecule has 0 aliphatic heterocycles. The maximum absolute atomic E-state index is 12.4. The topological polar surface area (TPSA) is 56.2 Å². The Balaban J connectivity index is 2.32. The molecule has 1 unspecified atom stereocenters. The van der Waals surface area contributed by atoms with Crippen LogP contribution < -0.4 is 5.32 Å². The molecular formula is C14H22ClN3O2. The molecule has 1 fully saturated rings. The summed E-state index contributed by atoms with van der Waals surface area (Å²) in [5.74, 6) is 0.0999. The highest BCUT2D eigenvalue weighted by Gasteiger charge is 2.51. The molecule has 112 valence electrons. The molecule has 0 aromatic carbocycles. The van der Waals surface area contributed by atoms with Crippen LogP contribution in [0.2, 0.25) is 5.02 Å². The van der Waals surface area contributed by atoms with Crippen LogP contribution in [0.25, 0.3) is 0 Å². The number of rotatable bonds is 6. The maximum Gasteiger partial charge on any atom is 0.328 e. The Labute approximate surface area is 124 Å². The molecule has 0 saturated heterocycles. The molecule has 20 heavy (non-hydrogen) atoms. The summed E-state index contributed by atoms with van der Waals surface area (Å²) in [5, 5.41) is 8.28.